The summed E-state index contributed by atoms with van der Waals surface area (Å²) in [5.74, 6) is 3.18. The van der Waals surface area contributed by atoms with Crippen LogP contribution in [0.5, 0.6) is 5.88 Å². The van der Waals surface area contributed by atoms with Gasteiger partial charge in [-0.1, -0.05) is 0 Å². The predicted molar refractivity (Wildman–Crippen MR) is 101 cm³/mol. The van der Waals surface area contributed by atoms with Crippen molar-refractivity contribution in [3.8, 4) is 17.3 Å². The van der Waals surface area contributed by atoms with E-state index in [4.69, 9.17) is 4.74 Å². The smallest absolute Gasteiger partial charge is 0.229 e. The Bertz CT molecular complexity index is 946. The molecule has 27 heavy (non-hydrogen) atoms. The lowest BCUT2D eigenvalue weighted by Gasteiger charge is -2.11. The number of hydrogen-bond acceptors (Lipinski definition) is 9. The van der Waals surface area contributed by atoms with Gasteiger partial charge in [-0.15, -0.1) is 0 Å². The van der Waals surface area contributed by atoms with Crippen LogP contribution in [-0.4, -0.2) is 50.4 Å². The molecule has 3 N–H and O–H groups in total. The quantitative estimate of drug-likeness (QED) is 0.614. The zero-order valence-electron chi connectivity index (χ0n) is 15.4. The minimum atomic E-state index is 0.470. The summed E-state index contributed by atoms with van der Waals surface area (Å²) in [6.45, 7) is 4.29. The number of methoxy groups -OCH3 is 1. The Kier molecular flexibility index (Phi) is 4.55. The van der Waals surface area contributed by atoms with E-state index in [1.807, 2.05) is 30.8 Å². The lowest BCUT2D eigenvalue weighted by molar-refractivity contribution is 0.399. The molecule has 140 valence electrons. The van der Waals surface area contributed by atoms with Gasteiger partial charge < -0.3 is 20.7 Å². The Morgan fingerprint density at radius 1 is 1.22 bits per heavy atom. The van der Waals surface area contributed by atoms with Gasteiger partial charge in [-0.3, -0.25) is 0 Å². The first-order valence-corrected chi connectivity index (χ1v) is 8.65. The first-order chi connectivity index (χ1) is 13.2. The van der Waals surface area contributed by atoms with Gasteiger partial charge in [0.05, 0.1) is 37.6 Å². The number of nitrogens with one attached hydrogen (secondary N) is 3. The van der Waals surface area contributed by atoms with Crippen molar-refractivity contribution < 1.29 is 4.74 Å². The lowest BCUT2D eigenvalue weighted by Crippen LogP contribution is -2.28. The molecule has 0 atom stereocenters. The zero-order valence-corrected chi connectivity index (χ0v) is 15.4. The van der Waals surface area contributed by atoms with Crippen LogP contribution in [-0.2, 0) is 13.1 Å². The van der Waals surface area contributed by atoms with E-state index in [0.717, 1.165) is 36.1 Å². The molecule has 0 aliphatic carbocycles. The zero-order chi connectivity index (χ0) is 18.8. The minimum absolute atomic E-state index is 0.470. The summed E-state index contributed by atoms with van der Waals surface area (Å²) >= 11 is 0. The maximum absolute atomic E-state index is 5.41. The summed E-state index contributed by atoms with van der Waals surface area (Å²) in [4.78, 5) is 17.8. The monoisotopic (exact) mass is 367 g/mol. The Morgan fingerprint density at radius 3 is 2.89 bits per heavy atom. The van der Waals surface area contributed by atoms with Gasteiger partial charge in [0.15, 0.2) is 5.82 Å². The largest absolute Gasteiger partial charge is 0.480 e. The molecule has 1 aliphatic rings. The molecule has 0 saturated heterocycles. The molecule has 0 unspecified atom stereocenters. The van der Waals surface area contributed by atoms with Crippen molar-refractivity contribution in [1.82, 2.24) is 35.0 Å². The maximum atomic E-state index is 5.41. The van der Waals surface area contributed by atoms with Crippen molar-refractivity contribution in [1.29, 1.82) is 0 Å². The normalized spacial score (nSPS) is 13.1. The molecule has 0 radical (unpaired) electrons. The van der Waals surface area contributed by atoms with Crippen molar-refractivity contribution >= 4 is 17.5 Å². The van der Waals surface area contributed by atoms with Crippen LogP contribution in [0.3, 0.4) is 0 Å². The van der Waals surface area contributed by atoms with Crippen LogP contribution in [0, 0.1) is 6.92 Å². The first-order valence-electron chi connectivity index (χ1n) is 8.65. The predicted octanol–water partition coefficient (Wildman–Crippen LogP) is 1.34. The van der Waals surface area contributed by atoms with E-state index < -0.39 is 0 Å². The second kappa shape index (κ2) is 7.16. The molecule has 0 fully saturated rings. The Balaban J connectivity index is 1.69. The van der Waals surface area contributed by atoms with E-state index >= 15 is 0 Å². The highest BCUT2D eigenvalue weighted by atomic mass is 16.5. The maximum Gasteiger partial charge on any atom is 0.229 e. The fraction of sp³-hybridized carbons (Fsp3) is 0.353. The van der Waals surface area contributed by atoms with Crippen molar-refractivity contribution in [2.75, 3.05) is 31.3 Å². The number of hydrogen-bond donors (Lipinski definition) is 3. The van der Waals surface area contributed by atoms with Gasteiger partial charge in [0.25, 0.3) is 0 Å². The molecule has 10 heteroatoms. The average Bonchev–Trinajstić information content (AvgIpc) is 3.11. The van der Waals surface area contributed by atoms with Gasteiger partial charge in [-0.2, -0.15) is 10.1 Å². The molecule has 0 aromatic carbocycles. The van der Waals surface area contributed by atoms with Crippen molar-refractivity contribution in [2.45, 2.75) is 20.0 Å². The summed E-state index contributed by atoms with van der Waals surface area (Å²) in [6, 6.07) is 3.77. The molecular weight excluding hydrogens is 346 g/mol. The van der Waals surface area contributed by atoms with Gasteiger partial charge in [0.2, 0.25) is 11.8 Å². The number of fused-ring (bicyclic) bond motifs is 1. The van der Waals surface area contributed by atoms with E-state index in [9.17, 15) is 0 Å². The number of nitrogens with zero attached hydrogens (tertiary/aromatic N) is 6. The molecule has 0 bridgehead atoms. The van der Waals surface area contributed by atoms with Crippen LogP contribution in [0.1, 0.15) is 11.5 Å². The highest BCUT2D eigenvalue weighted by Gasteiger charge is 2.19. The molecule has 0 amide bonds. The standard InChI is InChI=1S/C17H21N9O/c1-10-6-13(18-2)23-17(21-10)22-11-7-12(16(27-3)20-8-11)15-24-14-9-19-4-5-26(14)25-15/h6-8,19H,4-5,9H2,1-3H3,(H2,18,21,22,23). The van der Waals surface area contributed by atoms with Crippen LogP contribution in [0.2, 0.25) is 0 Å². The molecule has 3 aromatic heterocycles. The van der Waals surface area contributed by atoms with Crippen LogP contribution in [0.4, 0.5) is 17.5 Å². The summed E-state index contributed by atoms with van der Waals surface area (Å²) in [5, 5.41) is 14.1. The highest BCUT2D eigenvalue weighted by molar-refractivity contribution is 5.68. The van der Waals surface area contributed by atoms with Gasteiger partial charge >= 0.3 is 0 Å². The van der Waals surface area contributed by atoms with Crippen LogP contribution >= 0.6 is 0 Å². The second-order valence-corrected chi connectivity index (χ2v) is 6.13. The Morgan fingerprint density at radius 2 is 2.11 bits per heavy atom. The third kappa shape index (κ3) is 3.51. The number of ether oxygens (including phenoxy) is 1. The van der Waals surface area contributed by atoms with E-state index in [1.165, 1.54) is 0 Å². The van der Waals surface area contributed by atoms with Crippen molar-refractivity contribution in [3.63, 3.8) is 0 Å². The van der Waals surface area contributed by atoms with Gasteiger partial charge in [0, 0.05) is 25.4 Å². The molecule has 1 aliphatic heterocycles. The van der Waals surface area contributed by atoms with Crippen molar-refractivity contribution in [2.24, 2.45) is 0 Å². The van der Waals surface area contributed by atoms with Gasteiger partial charge in [-0.05, 0) is 13.0 Å². The van der Waals surface area contributed by atoms with Crippen LogP contribution in [0.15, 0.2) is 18.3 Å². The SMILES string of the molecule is CNc1cc(C)nc(Nc2cnc(OC)c(-c3nc4n(n3)CCNC4)c2)n1. The van der Waals surface area contributed by atoms with Gasteiger partial charge in [0.1, 0.15) is 11.6 Å². The number of aryl methyl sites for hydroxylation is 1. The number of pyridine rings is 1. The minimum Gasteiger partial charge on any atom is -0.480 e. The van der Waals surface area contributed by atoms with E-state index in [2.05, 4.69) is 41.0 Å². The summed E-state index contributed by atoms with van der Waals surface area (Å²) < 4.78 is 7.32. The lowest BCUT2D eigenvalue weighted by atomic mass is 10.2. The third-order valence-electron chi connectivity index (χ3n) is 4.18. The molecule has 0 spiro atoms. The second-order valence-electron chi connectivity index (χ2n) is 6.13. The number of rotatable bonds is 5. The fourth-order valence-corrected chi connectivity index (χ4v) is 2.91. The van der Waals surface area contributed by atoms with Crippen LogP contribution in [0.25, 0.3) is 11.4 Å². The molecule has 0 saturated carbocycles. The summed E-state index contributed by atoms with van der Waals surface area (Å²) in [5.41, 5.74) is 2.30. The van der Waals surface area contributed by atoms with E-state index in [0.29, 0.717) is 29.8 Å². The number of anilines is 3. The fourth-order valence-electron chi connectivity index (χ4n) is 2.91. The first kappa shape index (κ1) is 17.2. The highest BCUT2D eigenvalue weighted by Crippen LogP contribution is 2.29. The topological polar surface area (TPSA) is 115 Å². The molecular formula is C17H21N9O. The summed E-state index contributed by atoms with van der Waals surface area (Å²) in [7, 11) is 3.40. The van der Waals surface area contributed by atoms with E-state index in [-0.39, 0.29) is 0 Å². The molecule has 4 rings (SSSR count). The molecule has 10 nitrogen and oxygen atoms in total. The molecule has 4 heterocycles. The van der Waals surface area contributed by atoms with Crippen molar-refractivity contribution in [3.05, 3.63) is 29.8 Å². The van der Waals surface area contributed by atoms with Crippen LogP contribution < -0.4 is 20.7 Å². The van der Waals surface area contributed by atoms with E-state index in [1.54, 1.807) is 13.3 Å². The Hall–Kier alpha value is -3.27. The molecule has 3 aromatic rings. The summed E-state index contributed by atoms with van der Waals surface area (Å²) in [6.07, 6.45) is 1.67. The Labute approximate surface area is 156 Å². The average molecular weight is 367 g/mol. The van der Waals surface area contributed by atoms with Gasteiger partial charge in [-0.25, -0.2) is 19.6 Å². The number of aromatic nitrogens is 6. The third-order valence-corrected chi connectivity index (χ3v) is 4.18.